The van der Waals surface area contributed by atoms with E-state index in [4.69, 9.17) is 4.74 Å². The molecule has 0 saturated carbocycles. The maximum atomic E-state index is 12.9. The van der Waals surface area contributed by atoms with Gasteiger partial charge < -0.3 is 14.4 Å². The summed E-state index contributed by atoms with van der Waals surface area (Å²) in [6.07, 6.45) is -0.554. The maximum Gasteiger partial charge on any atom is 0.411 e. The first kappa shape index (κ1) is 17.1. The van der Waals surface area contributed by atoms with Crippen molar-refractivity contribution >= 4 is 23.4 Å². The van der Waals surface area contributed by atoms with Crippen LogP contribution in [0.2, 0.25) is 0 Å². The zero-order chi connectivity index (χ0) is 17.2. The Morgan fingerprint density at radius 2 is 2.13 bits per heavy atom. The highest BCUT2D eigenvalue weighted by molar-refractivity contribution is 6.00. The number of carbonyl (C=O) groups is 2. The molecule has 0 bridgehead atoms. The largest absolute Gasteiger partial charge is 0.490 e. The van der Waals surface area contributed by atoms with Gasteiger partial charge in [-0.05, 0) is 38.0 Å². The minimum absolute atomic E-state index is 0.0140. The Bertz CT molecular complexity index is 611. The van der Waals surface area contributed by atoms with Crippen LogP contribution < -0.4 is 15.0 Å². The second kappa shape index (κ2) is 6.48. The molecule has 0 aromatic heterocycles. The zero-order valence-electron chi connectivity index (χ0n) is 14.3. The molecular weight excluding hydrogens is 296 g/mol. The van der Waals surface area contributed by atoms with Gasteiger partial charge in [0.25, 0.3) is 0 Å². The lowest BCUT2D eigenvalue weighted by Gasteiger charge is -2.29. The van der Waals surface area contributed by atoms with Crippen molar-refractivity contribution < 1.29 is 19.1 Å². The predicted octanol–water partition coefficient (Wildman–Crippen LogP) is 3.27. The molecule has 1 aliphatic heterocycles. The summed E-state index contributed by atoms with van der Waals surface area (Å²) in [6.45, 7) is 8.77. The highest BCUT2D eigenvalue weighted by Gasteiger charge is 2.38. The minimum atomic E-state index is -0.607. The summed E-state index contributed by atoms with van der Waals surface area (Å²) in [5.41, 5.74) is 0.618. The molecule has 0 spiro atoms. The molecular formula is C17H24N2O4. The molecule has 0 atom stereocenters. The maximum absolute atomic E-state index is 12.9. The molecule has 2 rings (SSSR count). The summed E-state index contributed by atoms with van der Waals surface area (Å²) in [6, 6.07) is 5.24. The standard InChI is InChI=1S/C17H24N2O4/c1-11(2)9-19-13-8-12(18-16(21)22-5)6-7-14(13)23-10-17(3,4)15(19)20/h6-8,11H,9-10H2,1-5H3,(H,18,21). The topological polar surface area (TPSA) is 67.9 Å². The van der Waals surface area contributed by atoms with E-state index in [0.29, 0.717) is 36.2 Å². The fraction of sp³-hybridized carbons (Fsp3) is 0.529. The predicted molar refractivity (Wildman–Crippen MR) is 88.9 cm³/mol. The third-order valence-corrected chi connectivity index (χ3v) is 3.64. The van der Waals surface area contributed by atoms with Gasteiger partial charge in [0.15, 0.2) is 0 Å². The first-order valence-corrected chi connectivity index (χ1v) is 7.68. The number of hydrogen-bond acceptors (Lipinski definition) is 4. The van der Waals surface area contributed by atoms with Gasteiger partial charge in [-0.2, -0.15) is 0 Å². The van der Waals surface area contributed by atoms with E-state index in [-0.39, 0.29) is 5.91 Å². The van der Waals surface area contributed by atoms with Crippen LogP contribution in [-0.4, -0.2) is 32.3 Å². The lowest BCUT2D eigenvalue weighted by molar-refractivity contribution is -0.127. The van der Waals surface area contributed by atoms with E-state index in [2.05, 4.69) is 23.9 Å². The van der Waals surface area contributed by atoms with Crippen molar-refractivity contribution in [3.63, 3.8) is 0 Å². The molecule has 0 radical (unpaired) electrons. The quantitative estimate of drug-likeness (QED) is 0.928. The fourth-order valence-corrected chi connectivity index (χ4v) is 2.44. The molecule has 6 heteroatoms. The van der Waals surface area contributed by atoms with E-state index >= 15 is 0 Å². The van der Waals surface area contributed by atoms with Gasteiger partial charge in [-0.15, -0.1) is 0 Å². The Labute approximate surface area is 136 Å². The van der Waals surface area contributed by atoms with Gasteiger partial charge in [-0.25, -0.2) is 4.79 Å². The van der Waals surface area contributed by atoms with Gasteiger partial charge in [0.1, 0.15) is 12.4 Å². The first-order chi connectivity index (χ1) is 10.7. The Kier molecular flexibility index (Phi) is 4.82. The van der Waals surface area contributed by atoms with Gasteiger partial charge in [-0.1, -0.05) is 13.8 Å². The average molecular weight is 320 g/mol. The minimum Gasteiger partial charge on any atom is -0.490 e. The van der Waals surface area contributed by atoms with Crippen LogP contribution in [0.1, 0.15) is 27.7 Å². The van der Waals surface area contributed by atoms with Crippen LogP contribution in [0.5, 0.6) is 5.75 Å². The normalized spacial score (nSPS) is 16.4. The second-order valence-electron chi connectivity index (χ2n) is 6.78. The average Bonchev–Trinajstić information content (AvgIpc) is 2.57. The lowest BCUT2D eigenvalue weighted by Crippen LogP contribution is -2.43. The number of hydrogen-bond donors (Lipinski definition) is 1. The molecule has 126 valence electrons. The number of benzene rings is 1. The number of rotatable bonds is 3. The molecule has 1 aromatic carbocycles. The zero-order valence-corrected chi connectivity index (χ0v) is 14.3. The molecule has 1 heterocycles. The summed E-state index contributed by atoms with van der Waals surface area (Å²) < 4.78 is 10.4. The molecule has 2 amide bonds. The molecule has 1 aromatic rings. The van der Waals surface area contributed by atoms with E-state index in [1.54, 1.807) is 23.1 Å². The van der Waals surface area contributed by atoms with Crippen molar-refractivity contribution in [1.82, 2.24) is 0 Å². The van der Waals surface area contributed by atoms with Crippen molar-refractivity contribution in [2.75, 3.05) is 30.5 Å². The molecule has 0 aliphatic carbocycles. The summed E-state index contributed by atoms with van der Waals surface area (Å²) >= 11 is 0. The number of carbonyl (C=O) groups excluding carboxylic acids is 2. The Balaban J connectivity index is 2.44. The fourth-order valence-electron chi connectivity index (χ4n) is 2.44. The highest BCUT2D eigenvalue weighted by atomic mass is 16.5. The Morgan fingerprint density at radius 1 is 1.43 bits per heavy atom. The lowest BCUT2D eigenvalue weighted by atomic mass is 9.92. The van der Waals surface area contributed by atoms with Gasteiger partial charge in [-0.3, -0.25) is 10.1 Å². The van der Waals surface area contributed by atoms with Crippen LogP contribution in [0, 0.1) is 11.3 Å². The smallest absolute Gasteiger partial charge is 0.411 e. The second-order valence-corrected chi connectivity index (χ2v) is 6.78. The van der Waals surface area contributed by atoms with Crippen molar-refractivity contribution in [1.29, 1.82) is 0 Å². The van der Waals surface area contributed by atoms with Crippen molar-refractivity contribution in [3.05, 3.63) is 18.2 Å². The van der Waals surface area contributed by atoms with Crippen LogP contribution in [0.3, 0.4) is 0 Å². The summed E-state index contributed by atoms with van der Waals surface area (Å²) in [4.78, 5) is 26.0. The number of ether oxygens (including phenoxy) is 2. The van der Waals surface area contributed by atoms with E-state index in [0.717, 1.165) is 0 Å². The Morgan fingerprint density at radius 3 is 2.74 bits per heavy atom. The van der Waals surface area contributed by atoms with Gasteiger partial charge in [0, 0.05) is 12.2 Å². The van der Waals surface area contributed by atoms with E-state index in [1.165, 1.54) is 7.11 Å². The molecule has 23 heavy (non-hydrogen) atoms. The molecule has 0 unspecified atom stereocenters. The van der Waals surface area contributed by atoms with Crippen LogP contribution in [0.15, 0.2) is 18.2 Å². The van der Waals surface area contributed by atoms with Crippen LogP contribution >= 0.6 is 0 Å². The highest BCUT2D eigenvalue weighted by Crippen LogP contribution is 2.38. The number of amides is 2. The number of nitrogens with one attached hydrogen (secondary N) is 1. The summed E-state index contributed by atoms with van der Waals surface area (Å²) in [5, 5.41) is 2.62. The van der Waals surface area contributed by atoms with Gasteiger partial charge >= 0.3 is 6.09 Å². The van der Waals surface area contributed by atoms with E-state index in [1.807, 2.05) is 13.8 Å². The number of fused-ring (bicyclic) bond motifs is 1. The molecule has 1 N–H and O–H groups in total. The third-order valence-electron chi connectivity index (χ3n) is 3.64. The van der Waals surface area contributed by atoms with Crippen LogP contribution in [0.25, 0.3) is 0 Å². The van der Waals surface area contributed by atoms with E-state index in [9.17, 15) is 9.59 Å². The van der Waals surface area contributed by atoms with Crippen molar-refractivity contribution in [2.45, 2.75) is 27.7 Å². The number of methoxy groups -OCH3 is 1. The third kappa shape index (κ3) is 3.75. The SMILES string of the molecule is COC(=O)Nc1ccc2c(c1)N(CC(C)C)C(=O)C(C)(C)CO2. The van der Waals surface area contributed by atoms with Crippen molar-refractivity contribution in [3.8, 4) is 5.75 Å². The first-order valence-electron chi connectivity index (χ1n) is 7.68. The van der Waals surface area contributed by atoms with E-state index < -0.39 is 11.5 Å². The monoisotopic (exact) mass is 320 g/mol. The number of anilines is 2. The number of nitrogens with zero attached hydrogens (tertiary/aromatic N) is 1. The Hall–Kier alpha value is -2.24. The van der Waals surface area contributed by atoms with Crippen molar-refractivity contribution in [2.24, 2.45) is 11.3 Å². The van der Waals surface area contributed by atoms with Crippen LogP contribution in [0.4, 0.5) is 16.2 Å². The molecule has 0 saturated heterocycles. The molecule has 1 aliphatic rings. The summed E-state index contributed by atoms with van der Waals surface area (Å²) in [7, 11) is 1.30. The molecule has 0 fully saturated rings. The van der Waals surface area contributed by atoms with Gasteiger partial charge in [0.05, 0.1) is 18.2 Å². The van der Waals surface area contributed by atoms with Crippen LogP contribution in [-0.2, 0) is 9.53 Å². The molecule has 6 nitrogen and oxygen atoms in total. The summed E-state index contributed by atoms with van der Waals surface area (Å²) in [5.74, 6) is 0.957. The van der Waals surface area contributed by atoms with Gasteiger partial charge in [0.2, 0.25) is 5.91 Å².